The van der Waals surface area contributed by atoms with E-state index in [0.717, 1.165) is 49.2 Å². The molecule has 3 rings (SSSR count). The van der Waals surface area contributed by atoms with E-state index in [4.69, 9.17) is 4.98 Å². The van der Waals surface area contributed by atoms with E-state index in [1.807, 2.05) is 35.2 Å². The third-order valence-electron chi connectivity index (χ3n) is 7.20. The van der Waals surface area contributed by atoms with E-state index < -0.39 is 0 Å². The number of nitrogens with one attached hydrogen (secondary N) is 2. The van der Waals surface area contributed by atoms with Crippen molar-refractivity contribution in [1.82, 2.24) is 24.7 Å². The minimum Gasteiger partial charge on any atom is -0.355 e. The molecule has 8 nitrogen and oxygen atoms in total. The molecule has 0 fully saturated rings. The number of hydrogen-bond acceptors (Lipinski definition) is 5. The Hall–Kier alpha value is -3.39. The molecule has 0 bridgehead atoms. The van der Waals surface area contributed by atoms with E-state index in [2.05, 4.69) is 75.7 Å². The predicted octanol–water partition coefficient (Wildman–Crippen LogP) is 6.26. The molecule has 0 saturated heterocycles. The van der Waals surface area contributed by atoms with Gasteiger partial charge in [0.2, 0.25) is 5.95 Å². The molecule has 2 aromatic carbocycles. The molecule has 3 aromatic rings. The minimum atomic E-state index is -0.123. The van der Waals surface area contributed by atoms with Gasteiger partial charge in [0.05, 0.1) is 11.0 Å². The third-order valence-corrected chi connectivity index (χ3v) is 7.20. The van der Waals surface area contributed by atoms with Gasteiger partial charge in [-0.05, 0) is 86.7 Å². The average molecular weight is 563 g/mol. The third kappa shape index (κ3) is 9.05. The molecule has 0 unspecified atom stereocenters. The van der Waals surface area contributed by atoms with Gasteiger partial charge in [-0.1, -0.05) is 41.5 Å². The number of hydrogen-bond donors (Lipinski definition) is 2. The van der Waals surface area contributed by atoms with Crippen LogP contribution in [0.4, 0.5) is 11.6 Å². The van der Waals surface area contributed by atoms with Crippen LogP contribution in [0, 0.1) is 17.3 Å². The van der Waals surface area contributed by atoms with Crippen molar-refractivity contribution in [3.63, 3.8) is 0 Å². The summed E-state index contributed by atoms with van der Waals surface area (Å²) in [5, 5.41) is 6.13. The summed E-state index contributed by atoms with van der Waals surface area (Å²) in [7, 11) is 5.79. The van der Waals surface area contributed by atoms with Crippen molar-refractivity contribution in [2.24, 2.45) is 17.3 Å². The van der Waals surface area contributed by atoms with Crippen molar-refractivity contribution in [3.8, 4) is 0 Å². The van der Waals surface area contributed by atoms with Crippen LogP contribution in [0.3, 0.4) is 0 Å². The molecular weight excluding hydrogens is 512 g/mol. The molecule has 0 spiro atoms. The van der Waals surface area contributed by atoms with E-state index in [1.165, 1.54) is 0 Å². The van der Waals surface area contributed by atoms with Crippen molar-refractivity contribution in [3.05, 3.63) is 53.6 Å². The number of carbonyl (C=O) groups is 2. The Kier molecular flexibility index (Phi) is 11.0. The van der Waals surface area contributed by atoms with Crippen molar-refractivity contribution < 1.29 is 9.59 Å². The molecule has 1 aromatic heterocycles. The van der Waals surface area contributed by atoms with Crippen LogP contribution in [0.5, 0.6) is 0 Å². The standard InChI is InChI=1S/C33H50N6O2/c1-23(2)16-18-38(19-17-24(3)4)31(41)26-12-15-28-29(20-26)39(22-33(5,6)21-37(8)9)32(36-28)35-27-13-10-25(11-14-27)30(40)34-7/h10-15,20,23-24H,16-19,21-22H2,1-9H3,(H,34,40)(H,35,36). The number of amides is 2. The summed E-state index contributed by atoms with van der Waals surface area (Å²) in [4.78, 5) is 35.0. The zero-order chi connectivity index (χ0) is 30.3. The summed E-state index contributed by atoms with van der Waals surface area (Å²) in [5.41, 5.74) is 3.84. The fourth-order valence-corrected chi connectivity index (χ4v) is 5.15. The van der Waals surface area contributed by atoms with Crippen LogP contribution in [-0.4, -0.2) is 71.9 Å². The van der Waals surface area contributed by atoms with Crippen molar-refractivity contribution >= 4 is 34.5 Å². The zero-order valence-corrected chi connectivity index (χ0v) is 26.5. The lowest BCUT2D eigenvalue weighted by molar-refractivity contribution is 0.0740. The maximum Gasteiger partial charge on any atom is 0.253 e. The quantitative estimate of drug-likeness (QED) is 0.242. The highest BCUT2D eigenvalue weighted by atomic mass is 16.2. The Balaban J connectivity index is 2.02. The van der Waals surface area contributed by atoms with Crippen LogP contribution in [0.25, 0.3) is 11.0 Å². The lowest BCUT2D eigenvalue weighted by atomic mass is 9.92. The van der Waals surface area contributed by atoms with Crippen molar-refractivity contribution in [2.45, 2.75) is 60.9 Å². The van der Waals surface area contributed by atoms with E-state index in [1.54, 1.807) is 19.2 Å². The van der Waals surface area contributed by atoms with Gasteiger partial charge in [-0.15, -0.1) is 0 Å². The number of rotatable bonds is 14. The van der Waals surface area contributed by atoms with E-state index in [0.29, 0.717) is 35.5 Å². The molecule has 0 radical (unpaired) electrons. The molecule has 1 heterocycles. The van der Waals surface area contributed by atoms with Gasteiger partial charge >= 0.3 is 0 Å². The lowest BCUT2D eigenvalue weighted by Crippen LogP contribution is -2.34. The Morgan fingerprint density at radius 1 is 0.927 bits per heavy atom. The van der Waals surface area contributed by atoms with Gasteiger partial charge in [-0.25, -0.2) is 4.98 Å². The van der Waals surface area contributed by atoms with Crippen molar-refractivity contribution in [1.29, 1.82) is 0 Å². The lowest BCUT2D eigenvalue weighted by Gasteiger charge is -2.29. The molecule has 41 heavy (non-hydrogen) atoms. The number of carbonyl (C=O) groups excluding carboxylic acids is 2. The Morgan fingerprint density at radius 3 is 2.05 bits per heavy atom. The summed E-state index contributed by atoms with van der Waals surface area (Å²) >= 11 is 0. The first kappa shape index (κ1) is 32.1. The van der Waals surface area contributed by atoms with Crippen LogP contribution >= 0.6 is 0 Å². The SMILES string of the molecule is CNC(=O)c1ccc(Nc2nc3ccc(C(=O)N(CCC(C)C)CCC(C)C)cc3n2CC(C)(C)CN(C)C)cc1. The van der Waals surface area contributed by atoms with Gasteiger partial charge in [0.25, 0.3) is 11.8 Å². The zero-order valence-electron chi connectivity index (χ0n) is 26.5. The molecule has 0 aliphatic carbocycles. The van der Waals surface area contributed by atoms with E-state index >= 15 is 0 Å². The monoisotopic (exact) mass is 562 g/mol. The molecule has 2 amide bonds. The van der Waals surface area contributed by atoms with Crippen LogP contribution in [0.2, 0.25) is 0 Å². The first-order valence-corrected chi connectivity index (χ1v) is 14.8. The van der Waals surface area contributed by atoms with Gasteiger partial charge in [0.1, 0.15) is 0 Å². The second-order valence-electron chi connectivity index (χ2n) is 13.1. The number of anilines is 2. The highest BCUT2D eigenvalue weighted by molar-refractivity contribution is 5.98. The Morgan fingerprint density at radius 2 is 1.51 bits per heavy atom. The molecule has 2 N–H and O–H groups in total. The molecule has 0 atom stereocenters. The van der Waals surface area contributed by atoms with Gasteiger partial charge in [0.15, 0.2) is 0 Å². The summed E-state index contributed by atoms with van der Waals surface area (Å²) < 4.78 is 2.19. The highest BCUT2D eigenvalue weighted by Crippen LogP contribution is 2.29. The summed E-state index contributed by atoms with van der Waals surface area (Å²) in [6, 6.07) is 13.2. The molecular formula is C33H50N6O2. The van der Waals surface area contributed by atoms with Crippen LogP contribution in [-0.2, 0) is 6.54 Å². The van der Waals surface area contributed by atoms with Gasteiger partial charge in [0, 0.05) is 50.0 Å². The fraction of sp³-hybridized carbons (Fsp3) is 0.545. The molecule has 0 saturated carbocycles. The minimum absolute atomic E-state index is 0.0583. The smallest absolute Gasteiger partial charge is 0.253 e. The second-order valence-corrected chi connectivity index (χ2v) is 13.1. The van der Waals surface area contributed by atoms with Gasteiger partial charge in [-0.3, -0.25) is 9.59 Å². The highest BCUT2D eigenvalue weighted by Gasteiger charge is 2.25. The molecule has 224 valence electrons. The van der Waals surface area contributed by atoms with Crippen molar-refractivity contribution in [2.75, 3.05) is 46.1 Å². The van der Waals surface area contributed by atoms with Crippen LogP contribution in [0.15, 0.2) is 42.5 Å². The largest absolute Gasteiger partial charge is 0.355 e. The Labute approximate surface area is 246 Å². The number of nitrogens with zero attached hydrogens (tertiary/aromatic N) is 4. The topological polar surface area (TPSA) is 82.5 Å². The first-order valence-electron chi connectivity index (χ1n) is 14.8. The van der Waals surface area contributed by atoms with Crippen LogP contribution < -0.4 is 10.6 Å². The fourth-order valence-electron chi connectivity index (χ4n) is 5.15. The summed E-state index contributed by atoms with van der Waals surface area (Å²) in [6.07, 6.45) is 1.96. The normalized spacial score (nSPS) is 12.0. The predicted molar refractivity (Wildman–Crippen MR) is 170 cm³/mol. The second kappa shape index (κ2) is 14.0. The maximum atomic E-state index is 13.8. The Bertz CT molecular complexity index is 1300. The van der Waals surface area contributed by atoms with Crippen LogP contribution in [0.1, 0.15) is 75.1 Å². The van der Waals surface area contributed by atoms with E-state index in [9.17, 15) is 9.59 Å². The first-order chi connectivity index (χ1) is 19.3. The number of benzene rings is 2. The molecule has 0 aliphatic heterocycles. The molecule has 0 aliphatic rings. The van der Waals surface area contributed by atoms with E-state index in [-0.39, 0.29) is 17.2 Å². The number of aromatic nitrogens is 2. The average Bonchev–Trinajstić information content (AvgIpc) is 3.22. The number of imidazole rings is 1. The summed E-state index contributed by atoms with van der Waals surface area (Å²) in [6.45, 7) is 16.4. The summed E-state index contributed by atoms with van der Waals surface area (Å²) in [5.74, 6) is 1.73. The molecule has 8 heteroatoms. The number of fused-ring (bicyclic) bond motifs is 1. The van der Waals surface area contributed by atoms with Gasteiger partial charge in [-0.2, -0.15) is 0 Å². The maximum absolute atomic E-state index is 13.8. The van der Waals surface area contributed by atoms with Gasteiger partial charge < -0.3 is 25.0 Å².